The normalized spacial score (nSPS) is 30.7. The molecule has 0 aromatic carbocycles. The minimum absolute atomic E-state index is 0.0327. The van der Waals surface area contributed by atoms with Gasteiger partial charge in [0.2, 0.25) is 11.6 Å². The number of primary amides is 1. The molecule has 0 saturated heterocycles. The largest absolute Gasteiger partial charge is 0.481 e. The van der Waals surface area contributed by atoms with Crippen molar-refractivity contribution in [1.29, 1.82) is 0 Å². The van der Waals surface area contributed by atoms with Crippen LogP contribution in [0.3, 0.4) is 0 Å². The summed E-state index contributed by atoms with van der Waals surface area (Å²) in [6, 6.07) is 0. The van der Waals surface area contributed by atoms with Crippen molar-refractivity contribution in [2.75, 3.05) is 20.8 Å². The molecular formula is C31H43N3O10. The molecule has 0 aromatic rings. The van der Waals surface area contributed by atoms with Gasteiger partial charge in [-0.2, -0.15) is 0 Å². The summed E-state index contributed by atoms with van der Waals surface area (Å²) in [4.78, 5) is 62.5. The third-order valence-corrected chi connectivity index (χ3v) is 7.43. The van der Waals surface area contributed by atoms with Crippen LogP contribution in [0, 0.1) is 11.8 Å². The summed E-state index contributed by atoms with van der Waals surface area (Å²) in [6.45, 7) is 6.72. The first-order valence-corrected chi connectivity index (χ1v) is 14.2. The molecule has 1 aliphatic carbocycles. The fourth-order valence-corrected chi connectivity index (χ4v) is 5.07. The molecule has 0 spiro atoms. The summed E-state index contributed by atoms with van der Waals surface area (Å²) in [5.74, 6) is -3.68. The molecule has 0 fully saturated rings. The SMILES string of the molecule is CO[C@H]1/C=C/C=C(/C)C(=O)NC2=CC(=O)C(NCCC(=O)O)=C(C[C@@H](C)C[C@H](OC)[C@H](O)[C@@H](C)/C=C(\C)[C@@H]1OC(N)=O)C2=O. The Morgan fingerprint density at radius 1 is 1.14 bits per heavy atom. The lowest BCUT2D eigenvalue weighted by Crippen LogP contribution is -2.38. The third kappa shape index (κ3) is 10.00. The van der Waals surface area contributed by atoms with E-state index in [1.807, 2.05) is 6.92 Å². The van der Waals surface area contributed by atoms with Crippen LogP contribution < -0.4 is 16.4 Å². The van der Waals surface area contributed by atoms with Crippen molar-refractivity contribution >= 4 is 29.5 Å². The summed E-state index contributed by atoms with van der Waals surface area (Å²) in [7, 11) is 2.86. The minimum atomic E-state index is -1.08. The van der Waals surface area contributed by atoms with Crippen molar-refractivity contribution in [3.8, 4) is 0 Å². The summed E-state index contributed by atoms with van der Waals surface area (Å²) < 4.78 is 16.5. The quantitative estimate of drug-likeness (QED) is 0.206. The fourth-order valence-electron chi connectivity index (χ4n) is 5.07. The van der Waals surface area contributed by atoms with E-state index < -0.39 is 59.9 Å². The maximum atomic E-state index is 13.6. The van der Waals surface area contributed by atoms with Gasteiger partial charge in [-0.25, -0.2) is 4.79 Å². The van der Waals surface area contributed by atoms with Crippen LogP contribution in [-0.2, 0) is 33.4 Å². The molecule has 2 bridgehead atoms. The van der Waals surface area contributed by atoms with Gasteiger partial charge in [-0.05, 0) is 38.2 Å². The van der Waals surface area contributed by atoms with Crippen LogP contribution in [0.15, 0.2) is 58.5 Å². The zero-order valence-electron chi connectivity index (χ0n) is 25.9. The highest BCUT2D eigenvalue weighted by molar-refractivity contribution is 6.23. The molecule has 13 heteroatoms. The number of hydrogen-bond donors (Lipinski definition) is 5. The number of nitrogens with one attached hydrogen (secondary N) is 2. The van der Waals surface area contributed by atoms with Crippen molar-refractivity contribution in [3.05, 3.63) is 58.5 Å². The zero-order chi connectivity index (χ0) is 33.1. The molecule has 44 heavy (non-hydrogen) atoms. The molecule has 1 heterocycles. The average Bonchev–Trinajstić information content (AvgIpc) is 2.95. The number of rotatable bonds is 7. The van der Waals surface area contributed by atoms with Gasteiger partial charge < -0.3 is 40.8 Å². The number of Topliss-reactive ketones (excluding diaryl/α,β-unsaturated/α-hetero) is 1. The number of fused-ring (bicyclic) bond motifs is 2. The summed E-state index contributed by atoms with van der Waals surface area (Å²) in [5.41, 5.74) is 5.91. The highest BCUT2D eigenvalue weighted by atomic mass is 16.6. The number of carbonyl (C=O) groups is 5. The molecule has 1 aliphatic heterocycles. The average molecular weight is 618 g/mol. The Hall–Kier alpha value is -4.07. The van der Waals surface area contributed by atoms with Gasteiger partial charge in [0.1, 0.15) is 6.10 Å². The molecule has 0 radical (unpaired) electrons. The molecule has 242 valence electrons. The second-order valence-electron chi connectivity index (χ2n) is 11.0. The fraction of sp³-hybridized carbons (Fsp3) is 0.516. The molecule has 0 unspecified atom stereocenters. The number of carboxylic acid groups (broad SMARTS) is 1. The molecule has 0 saturated carbocycles. The maximum absolute atomic E-state index is 13.6. The van der Waals surface area contributed by atoms with E-state index in [2.05, 4.69) is 10.6 Å². The molecule has 6 N–H and O–H groups in total. The summed E-state index contributed by atoms with van der Waals surface area (Å²) in [6.07, 6.45) is 2.84. The highest BCUT2D eigenvalue weighted by Gasteiger charge is 2.33. The Balaban J connectivity index is 2.61. The molecule has 6 atom stereocenters. The first-order valence-electron chi connectivity index (χ1n) is 14.2. The van der Waals surface area contributed by atoms with Crippen LogP contribution in [0.5, 0.6) is 0 Å². The van der Waals surface area contributed by atoms with E-state index in [0.29, 0.717) is 5.57 Å². The molecular weight excluding hydrogens is 574 g/mol. The first kappa shape index (κ1) is 36.1. The number of nitrogens with two attached hydrogens (primary N) is 1. The van der Waals surface area contributed by atoms with Crippen molar-refractivity contribution in [3.63, 3.8) is 0 Å². The maximum Gasteiger partial charge on any atom is 0.405 e. The minimum Gasteiger partial charge on any atom is -0.481 e. The van der Waals surface area contributed by atoms with Gasteiger partial charge in [-0.3, -0.25) is 19.2 Å². The predicted octanol–water partition coefficient (Wildman–Crippen LogP) is 1.83. The number of amides is 2. The van der Waals surface area contributed by atoms with E-state index in [4.69, 9.17) is 25.1 Å². The Morgan fingerprint density at radius 2 is 1.82 bits per heavy atom. The van der Waals surface area contributed by atoms with Gasteiger partial charge in [-0.1, -0.05) is 38.2 Å². The Labute approximate surface area is 256 Å². The highest BCUT2D eigenvalue weighted by Crippen LogP contribution is 2.28. The van der Waals surface area contributed by atoms with Gasteiger partial charge in [0.05, 0.1) is 30.0 Å². The topological polar surface area (TPSA) is 204 Å². The van der Waals surface area contributed by atoms with Gasteiger partial charge in [0, 0.05) is 43.9 Å². The Kier molecular flexibility index (Phi) is 13.7. The van der Waals surface area contributed by atoms with Crippen LogP contribution in [-0.4, -0.2) is 84.9 Å². The second kappa shape index (κ2) is 16.7. The van der Waals surface area contributed by atoms with Crippen molar-refractivity contribution < 1.29 is 48.4 Å². The number of aliphatic hydroxyl groups excluding tert-OH is 1. The Morgan fingerprint density at radius 3 is 2.41 bits per heavy atom. The lowest BCUT2D eigenvalue weighted by atomic mass is 9.85. The van der Waals surface area contributed by atoms with E-state index in [1.54, 1.807) is 26.0 Å². The number of methoxy groups -OCH3 is 2. The molecule has 2 rings (SSSR count). The van der Waals surface area contributed by atoms with Crippen LogP contribution >= 0.6 is 0 Å². The second-order valence-corrected chi connectivity index (χ2v) is 11.0. The number of aliphatic carboxylic acids is 1. The number of ether oxygens (including phenoxy) is 3. The third-order valence-electron chi connectivity index (χ3n) is 7.43. The van der Waals surface area contributed by atoms with Crippen LogP contribution in [0.1, 0.15) is 47.0 Å². The van der Waals surface area contributed by atoms with Crippen LogP contribution in [0.25, 0.3) is 0 Å². The van der Waals surface area contributed by atoms with Crippen molar-refractivity contribution in [2.45, 2.75) is 71.4 Å². The lowest BCUT2D eigenvalue weighted by molar-refractivity contribution is -0.137. The van der Waals surface area contributed by atoms with Crippen molar-refractivity contribution in [2.24, 2.45) is 17.6 Å². The monoisotopic (exact) mass is 617 g/mol. The van der Waals surface area contributed by atoms with Gasteiger partial charge in [-0.15, -0.1) is 0 Å². The van der Waals surface area contributed by atoms with E-state index in [9.17, 15) is 29.1 Å². The van der Waals surface area contributed by atoms with Crippen LogP contribution in [0.4, 0.5) is 4.79 Å². The molecule has 13 nitrogen and oxygen atoms in total. The molecule has 2 amide bonds. The number of carbonyl (C=O) groups excluding carboxylic acids is 4. The smallest absolute Gasteiger partial charge is 0.405 e. The first-order chi connectivity index (χ1) is 20.7. The lowest BCUT2D eigenvalue weighted by Gasteiger charge is -2.30. The number of aliphatic hydroxyl groups is 1. The van der Waals surface area contributed by atoms with E-state index in [0.717, 1.165) is 6.08 Å². The molecule has 2 aliphatic rings. The van der Waals surface area contributed by atoms with Crippen LogP contribution in [0.2, 0.25) is 0 Å². The van der Waals surface area contributed by atoms with Gasteiger partial charge in [0.25, 0.3) is 5.91 Å². The summed E-state index contributed by atoms with van der Waals surface area (Å²) in [5, 5.41) is 25.6. The molecule has 0 aromatic heterocycles. The van der Waals surface area contributed by atoms with E-state index >= 15 is 0 Å². The number of hydrogen-bond acceptors (Lipinski definition) is 10. The van der Waals surface area contributed by atoms with Crippen molar-refractivity contribution in [1.82, 2.24) is 10.6 Å². The van der Waals surface area contributed by atoms with Gasteiger partial charge >= 0.3 is 12.1 Å². The zero-order valence-corrected chi connectivity index (χ0v) is 25.9. The Bertz CT molecular complexity index is 1280. The predicted molar refractivity (Wildman–Crippen MR) is 160 cm³/mol. The van der Waals surface area contributed by atoms with Gasteiger partial charge in [0.15, 0.2) is 6.10 Å². The standard InChI is InChI=1S/C31H43N3O10/c1-16-12-20-26(33-11-10-25(36)37)22(35)15-21(28(20)39)34-30(40)17(2)8-7-9-23(42-5)29(44-31(32)41)19(4)14-18(3)27(38)24(13-16)43-6/h7-9,14-16,18,23-24,27,29,33,38H,10-13H2,1-6H3,(H2,32,41)(H,34,40)(H,36,37)/b9-7+,17-8-,19-14+/t16-,18+,23+,24+,27-,29+/m1/s1. The summed E-state index contributed by atoms with van der Waals surface area (Å²) >= 11 is 0. The van der Waals surface area contributed by atoms with E-state index in [-0.39, 0.29) is 54.3 Å². The number of carboxylic acids is 1. The number of ketones is 2. The van der Waals surface area contributed by atoms with E-state index in [1.165, 1.54) is 33.3 Å². The number of allylic oxidation sites excluding steroid dienone is 4.